The van der Waals surface area contributed by atoms with E-state index in [4.69, 9.17) is 16.4 Å². The van der Waals surface area contributed by atoms with Crippen molar-refractivity contribution in [3.8, 4) is 0 Å². The fourth-order valence-corrected chi connectivity index (χ4v) is 3.41. The lowest BCUT2D eigenvalue weighted by Crippen LogP contribution is -2.06. The van der Waals surface area contributed by atoms with E-state index in [1.165, 1.54) is 28.9 Å². The number of halogens is 1. The van der Waals surface area contributed by atoms with E-state index in [0.29, 0.717) is 5.71 Å². The van der Waals surface area contributed by atoms with Crippen molar-refractivity contribution >= 4 is 46.0 Å². The lowest BCUT2D eigenvalue weighted by Gasteiger charge is -2.03. The SMILES string of the molecule is O=C(ON=C(c1cccs1)c1cccs1)c1cccnc1Cl. The van der Waals surface area contributed by atoms with Crippen molar-refractivity contribution in [2.75, 3.05) is 0 Å². The van der Waals surface area contributed by atoms with E-state index in [1.54, 1.807) is 12.1 Å². The van der Waals surface area contributed by atoms with E-state index >= 15 is 0 Å². The van der Waals surface area contributed by atoms with Crippen molar-refractivity contribution in [3.05, 3.63) is 73.8 Å². The zero-order chi connectivity index (χ0) is 15.4. The van der Waals surface area contributed by atoms with Crippen LogP contribution in [0.2, 0.25) is 5.15 Å². The van der Waals surface area contributed by atoms with Crippen molar-refractivity contribution in [2.45, 2.75) is 0 Å². The predicted molar refractivity (Wildman–Crippen MR) is 88.9 cm³/mol. The van der Waals surface area contributed by atoms with Gasteiger partial charge in [0.1, 0.15) is 10.9 Å². The highest BCUT2D eigenvalue weighted by Gasteiger charge is 2.15. The van der Waals surface area contributed by atoms with Gasteiger partial charge < -0.3 is 4.84 Å². The van der Waals surface area contributed by atoms with Crippen LogP contribution in [0.4, 0.5) is 0 Å². The maximum absolute atomic E-state index is 12.1. The van der Waals surface area contributed by atoms with Crippen LogP contribution in [-0.2, 0) is 4.84 Å². The smallest absolute Gasteiger partial charge is 0.312 e. The first-order valence-corrected chi connectivity index (χ1v) is 8.37. The number of nitrogens with zero attached hydrogens (tertiary/aromatic N) is 2. The van der Waals surface area contributed by atoms with Crippen LogP contribution < -0.4 is 0 Å². The molecule has 0 fully saturated rings. The minimum absolute atomic E-state index is 0.0940. The molecule has 0 unspecified atom stereocenters. The van der Waals surface area contributed by atoms with E-state index in [2.05, 4.69) is 10.1 Å². The Morgan fingerprint density at radius 3 is 2.32 bits per heavy atom. The second-order valence-corrected chi connectivity index (χ2v) is 6.37. The molecule has 7 heteroatoms. The van der Waals surface area contributed by atoms with Gasteiger partial charge in [-0.1, -0.05) is 28.9 Å². The molecule has 0 saturated carbocycles. The lowest BCUT2D eigenvalue weighted by atomic mass is 10.2. The highest BCUT2D eigenvalue weighted by molar-refractivity contribution is 7.15. The van der Waals surface area contributed by atoms with Gasteiger partial charge in [-0.15, -0.1) is 22.7 Å². The number of hydrogen-bond donors (Lipinski definition) is 0. The van der Waals surface area contributed by atoms with Crippen molar-refractivity contribution in [2.24, 2.45) is 5.16 Å². The molecule has 0 radical (unpaired) electrons. The molecule has 22 heavy (non-hydrogen) atoms. The third kappa shape index (κ3) is 3.24. The summed E-state index contributed by atoms with van der Waals surface area (Å²) in [6, 6.07) is 10.9. The zero-order valence-electron chi connectivity index (χ0n) is 11.1. The van der Waals surface area contributed by atoms with Gasteiger partial charge in [0.05, 0.1) is 15.3 Å². The molecule has 0 aliphatic carbocycles. The number of rotatable bonds is 4. The van der Waals surface area contributed by atoms with Gasteiger partial charge in [0.2, 0.25) is 0 Å². The lowest BCUT2D eigenvalue weighted by molar-refractivity contribution is 0.0517. The largest absolute Gasteiger partial charge is 0.368 e. The molecule has 0 aliphatic heterocycles. The van der Waals surface area contributed by atoms with E-state index < -0.39 is 5.97 Å². The summed E-state index contributed by atoms with van der Waals surface area (Å²) in [6.07, 6.45) is 1.51. The van der Waals surface area contributed by atoms with Crippen LogP contribution in [0.25, 0.3) is 0 Å². The quantitative estimate of drug-likeness (QED) is 0.302. The molecule has 0 saturated heterocycles. The summed E-state index contributed by atoms with van der Waals surface area (Å²) in [5.74, 6) is -0.635. The minimum atomic E-state index is -0.635. The van der Waals surface area contributed by atoms with Crippen LogP contribution in [-0.4, -0.2) is 16.7 Å². The molecule has 3 aromatic heterocycles. The molecule has 0 aliphatic rings. The van der Waals surface area contributed by atoms with Crippen LogP contribution >= 0.6 is 34.3 Å². The molecule has 0 N–H and O–H groups in total. The zero-order valence-corrected chi connectivity index (χ0v) is 13.5. The Labute approximate surface area is 139 Å². The van der Waals surface area contributed by atoms with Crippen LogP contribution in [0, 0.1) is 0 Å². The second kappa shape index (κ2) is 6.83. The molecule has 110 valence electrons. The monoisotopic (exact) mass is 348 g/mol. The molecular weight excluding hydrogens is 340 g/mol. The summed E-state index contributed by atoms with van der Waals surface area (Å²) in [4.78, 5) is 22.8. The minimum Gasteiger partial charge on any atom is -0.312 e. The third-order valence-corrected chi connectivity index (χ3v) is 4.76. The summed E-state index contributed by atoms with van der Waals surface area (Å²) in [7, 11) is 0. The number of oxime groups is 1. The second-order valence-electron chi connectivity index (χ2n) is 4.12. The van der Waals surface area contributed by atoms with Crippen LogP contribution in [0.5, 0.6) is 0 Å². The van der Waals surface area contributed by atoms with E-state index in [0.717, 1.165) is 9.75 Å². The van der Waals surface area contributed by atoms with Gasteiger partial charge in [0.15, 0.2) is 0 Å². The molecule has 3 aromatic rings. The fourth-order valence-electron chi connectivity index (χ4n) is 1.71. The number of pyridine rings is 1. The molecule has 0 atom stereocenters. The standard InChI is InChI=1S/C15H9ClN2O2S2/c16-14-10(4-1-7-17-14)15(19)20-18-13(11-5-2-8-21-11)12-6-3-9-22-12/h1-9H. The topological polar surface area (TPSA) is 51.5 Å². The Bertz CT molecular complexity index is 763. The Hall–Kier alpha value is -2.02. The van der Waals surface area contributed by atoms with Crippen molar-refractivity contribution in [1.82, 2.24) is 4.98 Å². The number of aromatic nitrogens is 1. The first kappa shape index (κ1) is 14.9. The Morgan fingerprint density at radius 2 is 1.77 bits per heavy atom. The van der Waals surface area contributed by atoms with Crippen LogP contribution in [0.15, 0.2) is 58.5 Å². The number of carbonyl (C=O) groups excluding carboxylic acids is 1. The van der Waals surface area contributed by atoms with Gasteiger partial charge in [0, 0.05) is 6.20 Å². The summed E-state index contributed by atoms with van der Waals surface area (Å²) in [6.45, 7) is 0. The maximum atomic E-state index is 12.1. The van der Waals surface area contributed by atoms with E-state index in [9.17, 15) is 4.79 Å². The summed E-state index contributed by atoms with van der Waals surface area (Å²) < 4.78 is 0. The Kier molecular flexibility index (Phi) is 4.62. The number of carbonyl (C=O) groups is 1. The third-order valence-electron chi connectivity index (χ3n) is 2.71. The maximum Gasteiger partial charge on any atom is 0.368 e. The van der Waals surface area contributed by atoms with Gasteiger partial charge in [-0.05, 0) is 35.0 Å². The normalized spacial score (nSPS) is 10.2. The van der Waals surface area contributed by atoms with E-state index in [-0.39, 0.29) is 10.7 Å². The summed E-state index contributed by atoms with van der Waals surface area (Å²) >= 11 is 8.93. The average Bonchev–Trinajstić information content (AvgIpc) is 3.21. The molecule has 0 aromatic carbocycles. The number of hydrogen-bond acceptors (Lipinski definition) is 6. The first-order valence-electron chi connectivity index (χ1n) is 6.23. The van der Waals surface area contributed by atoms with Gasteiger partial charge in [-0.3, -0.25) is 0 Å². The number of thiophene rings is 2. The average molecular weight is 349 g/mol. The van der Waals surface area contributed by atoms with Gasteiger partial charge >= 0.3 is 5.97 Å². The molecule has 0 bridgehead atoms. The Balaban J connectivity index is 1.88. The molecule has 0 spiro atoms. The van der Waals surface area contributed by atoms with E-state index in [1.807, 2.05) is 35.0 Å². The molecule has 3 rings (SSSR count). The van der Waals surface area contributed by atoms with Crippen molar-refractivity contribution in [1.29, 1.82) is 0 Å². The van der Waals surface area contributed by atoms with Crippen LogP contribution in [0.3, 0.4) is 0 Å². The predicted octanol–water partition coefficient (Wildman–Crippen LogP) is 4.47. The molecule has 3 heterocycles. The summed E-state index contributed by atoms with van der Waals surface area (Å²) in [5, 5.41) is 8.01. The Morgan fingerprint density at radius 1 is 1.09 bits per heavy atom. The van der Waals surface area contributed by atoms with Crippen LogP contribution in [0.1, 0.15) is 20.1 Å². The van der Waals surface area contributed by atoms with Crippen molar-refractivity contribution < 1.29 is 9.63 Å². The molecule has 4 nitrogen and oxygen atoms in total. The first-order chi connectivity index (χ1) is 10.8. The molecule has 0 amide bonds. The van der Waals surface area contributed by atoms with Gasteiger partial charge in [-0.25, -0.2) is 9.78 Å². The van der Waals surface area contributed by atoms with Gasteiger partial charge in [-0.2, -0.15) is 0 Å². The molecular formula is C15H9ClN2O2S2. The summed E-state index contributed by atoms with van der Waals surface area (Å²) in [5.41, 5.74) is 0.808. The fraction of sp³-hybridized carbons (Fsp3) is 0. The van der Waals surface area contributed by atoms with Crippen molar-refractivity contribution in [3.63, 3.8) is 0 Å². The highest BCUT2D eigenvalue weighted by atomic mass is 35.5. The highest BCUT2D eigenvalue weighted by Crippen LogP contribution is 2.21. The van der Waals surface area contributed by atoms with Gasteiger partial charge in [0.25, 0.3) is 0 Å².